The molecule has 0 unspecified atom stereocenters. The third kappa shape index (κ3) is 4.96. The average molecular weight is 526 g/mol. The number of hydrogen-bond donors (Lipinski definition) is 0. The molecule has 6 nitrogen and oxygen atoms in total. The van der Waals surface area contributed by atoms with Crippen LogP contribution in [0.25, 0.3) is 6.08 Å². The summed E-state index contributed by atoms with van der Waals surface area (Å²) in [6.45, 7) is 2.85. The van der Waals surface area contributed by atoms with Gasteiger partial charge in [-0.2, -0.15) is 0 Å². The van der Waals surface area contributed by atoms with E-state index in [2.05, 4.69) is 0 Å². The number of carbonyl (C=O) groups is 1. The van der Waals surface area contributed by atoms with Crippen LogP contribution < -0.4 is 23.8 Å². The van der Waals surface area contributed by atoms with E-state index < -0.39 is 0 Å². The van der Waals surface area contributed by atoms with Crippen molar-refractivity contribution >= 4 is 57.6 Å². The Labute approximate surface area is 217 Å². The highest BCUT2D eigenvalue weighted by atomic mass is 35.5. The van der Waals surface area contributed by atoms with Crippen LogP contribution in [0, 0.1) is 0 Å². The Kier molecular flexibility index (Phi) is 6.86. The number of thiocarbonyl (C=S) groups is 1. The highest BCUT2D eigenvalue weighted by Crippen LogP contribution is 2.41. The van der Waals surface area contributed by atoms with Crippen LogP contribution in [0.2, 0.25) is 5.02 Å². The fraction of sp³-hybridized carbons (Fsp3) is 0.154. The van der Waals surface area contributed by atoms with Crippen LogP contribution in [0.15, 0.2) is 65.6 Å². The van der Waals surface area contributed by atoms with Crippen molar-refractivity contribution in [2.75, 3.05) is 18.3 Å². The fourth-order valence-corrected chi connectivity index (χ4v) is 5.13. The molecule has 5 rings (SSSR count). The summed E-state index contributed by atoms with van der Waals surface area (Å²) in [5, 5.41) is 0.645. The van der Waals surface area contributed by atoms with Crippen LogP contribution in [-0.4, -0.2) is 23.6 Å². The predicted molar refractivity (Wildman–Crippen MR) is 142 cm³/mol. The SMILES string of the molecule is CCOc1cc(C=C2SC(=S)N(c3ccc4c(c3)OCO4)C2=O)ccc1OCc1ccccc1Cl. The molecule has 35 heavy (non-hydrogen) atoms. The molecule has 2 heterocycles. The van der Waals surface area contributed by atoms with Gasteiger partial charge in [-0.15, -0.1) is 0 Å². The number of nitrogens with zero attached hydrogens (tertiary/aromatic N) is 1. The number of fused-ring (bicyclic) bond motifs is 1. The number of thioether (sulfide) groups is 1. The number of ether oxygens (including phenoxy) is 4. The molecule has 0 N–H and O–H groups in total. The smallest absolute Gasteiger partial charge is 0.270 e. The Hall–Kier alpha value is -3.20. The van der Waals surface area contributed by atoms with Crippen LogP contribution in [0.5, 0.6) is 23.0 Å². The molecule has 2 aliphatic heterocycles. The second-order valence-corrected chi connectivity index (χ2v) is 9.66. The van der Waals surface area contributed by atoms with Crippen molar-refractivity contribution in [1.29, 1.82) is 0 Å². The molecule has 178 valence electrons. The number of carbonyl (C=O) groups excluding carboxylic acids is 1. The van der Waals surface area contributed by atoms with Crippen LogP contribution in [-0.2, 0) is 11.4 Å². The van der Waals surface area contributed by atoms with E-state index in [1.54, 1.807) is 24.3 Å². The molecule has 3 aromatic rings. The van der Waals surface area contributed by atoms with Gasteiger partial charge in [-0.25, -0.2) is 0 Å². The predicted octanol–water partition coefficient (Wildman–Crippen LogP) is 6.45. The molecule has 9 heteroatoms. The van der Waals surface area contributed by atoms with E-state index >= 15 is 0 Å². The molecule has 0 atom stereocenters. The summed E-state index contributed by atoms with van der Waals surface area (Å²) in [5.74, 6) is 2.22. The normalized spacial score (nSPS) is 15.7. The zero-order chi connectivity index (χ0) is 24.4. The van der Waals surface area contributed by atoms with Crippen LogP contribution in [0.3, 0.4) is 0 Å². The maximum atomic E-state index is 13.2. The first-order valence-electron chi connectivity index (χ1n) is 10.8. The van der Waals surface area contributed by atoms with Crippen LogP contribution in [0.1, 0.15) is 18.1 Å². The Morgan fingerprint density at radius 2 is 1.89 bits per heavy atom. The second kappa shape index (κ2) is 10.2. The highest BCUT2D eigenvalue weighted by molar-refractivity contribution is 8.27. The molecule has 3 aromatic carbocycles. The summed E-state index contributed by atoms with van der Waals surface area (Å²) < 4.78 is 23.0. The molecule has 1 saturated heterocycles. The second-order valence-electron chi connectivity index (χ2n) is 7.57. The van der Waals surface area contributed by atoms with Crippen LogP contribution in [0.4, 0.5) is 5.69 Å². The number of anilines is 1. The minimum absolute atomic E-state index is 0.164. The molecule has 1 fully saturated rings. The highest BCUT2D eigenvalue weighted by Gasteiger charge is 2.34. The maximum absolute atomic E-state index is 13.2. The fourth-order valence-electron chi connectivity index (χ4n) is 3.64. The summed E-state index contributed by atoms with van der Waals surface area (Å²) in [5.41, 5.74) is 2.32. The summed E-state index contributed by atoms with van der Waals surface area (Å²) in [7, 11) is 0. The Bertz CT molecular complexity index is 1340. The number of amides is 1. The maximum Gasteiger partial charge on any atom is 0.270 e. The first kappa shape index (κ1) is 23.5. The molecular weight excluding hydrogens is 506 g/mol. The minimum atomic E-state index is -0.198. The first-order valence-corrected chi connectivity index (χ1v) is 12.4. The molecular formula is C26H20ClNO5S2. The third-order valence-electron chi connectivity index (χ3n) is 5.31. The summed E-state index contributed by atoms with van der Waals surface area (Å²) in [6.07, 6.45) is 1.80. The van der Waals surface area contributed by atoms with E-state index in [-0.39, 0.29) is 12.7 Å². The number of halogens is 1. The molecule has 0 bridgehead atoms. The van der Waals surface area contributed by atoms with Gasteiger partial charge in [0.05, 0.1) is 17.2 Å². The molecule has 0 saturated carbocycles. The standard InChI is InChI=1S/C26H20ClNO5S2/c1-2-30-22-11-16(7-9-20(22)31-14-17-5-3-4-6-19(17)27)12-24-25(29)28(26(34)35-24)18-8-10-21-23(13-18)33-15-32-21/h3-13H,2,14-15H2,1H3. The van der Waals surface area contributed by atoms with Gasteiger partial charge in [0, 0.05) is 16.7 Å². The van der Waals surface area contributed by atoms with E-state index in [4.69, 9.17) is 42.8 Å². The van der Waals surface area contributed by atoms with Gasteiger partial charge in [0.2, 0.25) is 6.79 Å². The Morgan fingerprint density at radius 1 is 1.06 bits per heavy atom. The summed E-state index contributed by atoms with van der Waals surface area (Å²) in [4.78, 5) is 15.2. The topological polar surface area (TPSA) is 57.2 Å². The van der Waals surface area contributed by atoms with Crippen LogP contribution >= 0.6 is 35.6 Å². The van der Waals surface area contributed by atoms with Crippen molar-refractivity contribution in [2.45, 2.75) is 13.5 Å². The van der Waals surface area contributed by atoms with Crippen molar-refractivity contribution in [1.82, 2.24) is 0 Å². The number of hydrogen-bond acceptors (Lipinski definition) is 7. The van der Waals surface area contributed by atoms with Gasteiger partial charge in [0.25, 0.3) is 5.91 Å². The van der Waals surface area contributed by atoms with Gasteiger partial charge in [-0.05, 0) is 48.9 Å². The molecule has 2 aliphatic rings. The van der Waals surface area contributed by atoms with Crippen molar-refractivity contribution in [3.8, 4) is 23.0 Å². The lowest BCUT2D eigenvalue weighted by Gasteiger charge is -2.15. The van der Waals surface area contributed by atoms with Gasteiger partial charge < -0.3 is 18.9 Å². The Balaban J connectivity index is 1.36. The van der Waals surface area contributed by atoms with Gasteiger partial charge in [-0.1, -0.05) is 59.8 Å². The summed E-state index contributed by atoms with van der Waals surface area (Å²) >= 11 is 13.0. The number of rotatable bonds is 7. The lowest BCUT2D eigenvalue weighted by molar-refractivity contribution is -0.113. The van der Waals surface area contributed by atoms with E-state index in [1.165, 1.54) is 16.7 Å². The lowest BCUT2D eigenvalue weighted by atomic mass is 10.1. The molecule has 0 aliphatic carbocycles. The molecule has 1 amide bonds. The molecule has 0 aromatic heterocycles. The third-order valence-corrected chi connectivity index (χ3v) is 6.99. The van der Waals surface area contributed by atoms with Gasteiger partial charge in [0.1, 0.15) is 6.61 Å². The summed E-state index contributed by atoms with van der Waals surface area (Å²) in [6, 6.07) is 18.4. The molecule has 0 spiro atoms. The van der Waals surface area contributed by atoms with E-state index in [0.29, 0.717) is 56.1 Å². The number of benzene rings is 3. The van der Waals surface area contributed by atoms with Gasteiger partial charge in [-0.3, -0.25) is 9.69 Å². The van der Waals surface area contributed by atoms with Crippen molar-refractivity contribution in [3.05, 3.63) is 81.7 Å². The van der Waals surface area contributed by atoms with Crippen molar-refractivity contribution < 1.29 is 23.7 Å². The van der Waals surface area contributed by atoms with Gasteiger partial charge in [0.15, 0.2) is 27.3 Å². The Morgan fingerprint density at radius 3 is 2.71 bits per heavy atom. The van der Waals surface area contributed by atoms with Gasteiger partial charge >= 0.3 is 0 Å². The van der Waals surface area contributed by atoms with E-state index in [1.807, 2.05) is 49.4 Å². The average Bonchev–Trinajstić information content (AvgIpc) is 3.43. The van der Waals surface area contributed by atoms with Crippen molar-refractivity contribution in [2.24, 2.45) is 0 Å². The van der Waals surface area contributed by atoms with Crippen molar-refractivity contribution in [3.63, 3.8) is 0 Å². The zero-order valence-electron chi connectivity index (χ0n) is 18.7. The first-order chi connectivity index (χ1) is 17.0. The minimum Gasteiger partial charge on any atom is -0.490 e. The quantitative estimate of drug-likeness (QED) is 0.259. The lowest BCUT2D eigenvalue weighted by Crippen LogP contribution is -2.27. The molecule has 0 radical (unpaired) electrons. The van der Waals surface area contributed by atoms with E-state index in [0.717, 1.165) is 11.1 Å². The van der Waals surface area contributed by atoms with E-state index in [9.17, 15) is 4.79 Å². The largest absolute Gasteiger partial charge is 0.490 e. The zero-order valence-corrected chi connectivity index (χ0v) is 21.0. The monoisotopic (exact) mass is 525 g/mol.